The Morgan fingerprint density at radius 3 is 3.19 bits per heavy atom. The van der Waals surface area contributed by atoms with E-state index < -0.39 is 0 Å². The van der Waals surface area contributed by atoms with Gasteiger partial charge in [-0.05, 0) is 36.6 Å². The fraction of sp³-hybridized carbons (Fsp3) is 0.471. The van der Waals surface area contributed by atoms with Crippen LogP contribution >= 0.6 is 0 Å². The molecule has 1 atom stereocenters. The van der Waals surface area contributed by atoms with Gasteiger partial charge in [0.15, 0.2) is 0 Å². The van der Waals surface area contributed by atoms with Crippen LogP contribution < -0.4 is 10.1 Å². The van der Waals surface area contributed by atoms with Crippen molar-refractivity contribution < 1.29 is 4.74 Å². The standard InChI is InChI=1S/C17H23N3O/c1-2-15(18-8-3-4-17-19-9-10-20-17)13-5-6-16-14(12-13)7-11-21-16/h5-6,9-10,12,15,18H,2-4,7-8,11H2,1H3,(H,19,20). The Balaban J connectivity index is 1.52. The molecule has 0 radical (unpaired) electrons. The third-order valence-electron chi connectivity index (χ3n) is 4.06. The Bertz CT molecular complexity index is 565. The third-order valence-corrected chi connectivity index (χ3v) is 4.06. The van der Waals surface area contributed by atoms with Gasteiger partial charge in [0.05, 0.1) is 6.61 Å². The lowest BCUT2D eigenvalue weighted by Gasteiger charge is -2.18. The number of rotatable bonds is 7. The molecule has 2 aromatic rings. The molecule has 0 saturated heterocycles. The van der Waals surface area contributed by atoms with Crippen molar-refractivity contribution in [3.63, 3.8) is 0 Å². The van der Waals surface area contributed by atoms with Crippen molar-refractivity contribution in [3.8, 4) is 5.75 Å². The number of aromatic amines is 1. The summed E-state index contributed by atoms with van der Waals surface area (Å²) in [6.45, 7) is 4.06. The second-order valence-corrected chi connectivity index (χ2v) is 5.52. The Morgan fingerprint density at radius 1 is 1.43 bits per heavy atom. The molecule has 1 aliphatic heterocycles. The quantitative estimate of drug-likeness (QED) is 0.769. The molecule has 0 aliphatic carbocycles. The van der Waals surface area contributed by atoms with Gasteiger partial charge in [0.1, 0.15) is 11.6 Å². The van der Waals surface area contributed by atoms with Crippen LogP contribution in [0.1, 0.15) is 42.8 Å². The van der Waals surface area contributed by atoms with E-state index in [0.29, 0.717) is 6.04 Å². The molecule has 1 unspecified atom stereocenters. The van der Waals surface area contributed by atoms with Crippen LogP contribution in [-0.4, -0.2) is 23.1 Å². The van der Waals surface area contributed by atoms with Crippen molar-refractivity contribution in [2.75, 3.05) is 13.2 Å². The van der Waals surface area contributed by atoms with Gasteiger partial charge in [0.25, 0.3) is 0 Å². The molecule has 1 aromatic carbocycles. The second-order valence-electron chi connectivity index (χ2n) is 5.52. The summed E-state index contributed by atoms with van der Waals surface area (Å²) in [6, 6.07) is 7.03. The molecule has 112 valence electrons. The Morgan fingerprint density at radius 2 is 2.38 bits per heavy atom. The van der Waals surface area contributed by atoms with Gasteiger partial charge in [0.2, 0.25) is 0 Å². The van der Waals surface area contributed by atoms with E-state index >= 15 is 0 Å². The van der Waals surface area contributed by atoms with Gasteiger partial charge >= 0.3 is 0 Å². The molecule has 0 bridgehead atoms. The Hall–Kier alpha value is -1.81. The number of hydrogen-bond acceptors (Lipinski definition) is 3. The Kier molecular flexibility index (Phi) is 4.55. The van der Waals surface area contributed by atoms with Crippen molar-refractivity contribution in [2.45, 2.75) is 38.6 Å². The SMILES string of the molecule is CCC(NCCCc1ncc[nH]1)c1ccc2c(c1)CCO2. The van der Waals surface area contributed by atoms with Gasteiger partial charge in [-0.1, -0.05) is 19.1 Å². The molecule has 4 nitrogen and oxygen atoms in total. The van der Waals surface area contributed by atoms with E-state index in [1.54, 1.807) is 0 Å². The number of nitrogens with one attached hydrogen (secondary N) is 2. The fourth-order valence-corrected chi connectivity index (χ4v) is 2.89. The summed E-state index contributed by atoms with van der Waals surface area (Å²) < 4.78 is 5.58. The van der Waals surface area contributed by atoms with Gasteiger partial charge in [-0.2, -0.15) is 0 Å². The molecule has 1 aromatic heterocycles. The van der Waals surface area contributed by atoms with Crippen LogP contribution in [-0.2, 0) is 12.8 Å². The smallest absolute Gasteiger partial charge is 0.122 e. The molecule has 1 aliphatic rings. The molecule has 2 heterocycles. The topological polar surface area (TPSA) is 49.9 Å². The number of aromatic nitrogens is 2. The van der Waals surface area contributed by atoms with Gasteiger partial charge in [-0.15, -0.1) is 0 Å². The molecule has 4 heteroatoms. The van der Waals surface area contributed by atoms with Crippen molar-refractivity contribution in [1.29, 1.82) is 0 Å². The first-order chi connectivity index (χ1) is 10.4. The highest BCUT2D eigenvalue weighted by atomic mass is 16.5. The first-order valence-corrected chi connectivity index (χ1v) is 7.84. The zero-order valence-electron chi connectivity index (χ0n) is 12.6. The first-order valence-electron chi connectivity index (χ1n) is 7.84. The van der Waals surface area contributed by atoms with Crippen molar-refractivity contribution >= 4 is 0 Å². The van der Waals surface area contributed by atoms with Crippen LogP contribution in [0.4, 0.5) is 0 Å². The number of H-pyrrole nitrogens is 1. The van der Waals surface area contributed by atoms with Crippen LogP contribution in [0.25, 0.3) is 0 Å². The van der Waals surface area contributed by atoms with Gasteiger partial charge < -0.3 is 15.0 Å². The van der Waals surface area contributed by atoms with Crippen LogP contribution in [0, 0.1) is 0 Å². The van der Waals surface area contributed by atoms with E-state index in [2.05, 4.69) is 40.4 Å². The minimum absolute atomic E-state index is 0.424. The molecule has 3 rings (SSSR count). The molecule has 0 saturated carbocycles. The number of benzene rings is 1. The van der Waals surface area contributed by atoms with Crippen LogP contribution in [0.2, 0.25) is 0 Å². The number of nitrogens with zero attached hydrogens (tertiary/aromatic N) is 1. The summed E-state index contributed by atoms with van der Waals surface area (Å²) in [4.78, 5) is 7.40. The minimum atomic E-state index is 0.424. The van der Waals surface area contributed by atoms with E-state index in [0.717, 1.165) is 50.4 Å². The maximum Gasteiger partial charge on any atom is 0.122 e. The summed E-state index contributed by atoms with van der Waals surface area (Å²) in [6.07, 6.45) is 7.92. The van der Waals surface area contributed by atoms with Crippen molar-refractivity contribution in [3.05, 3.63) is 47.5 Å². The number of imidazole rings is 1. The van der Waals surface area contributed by atoms with E-state index in [-0.39, 0.29) is 0 Å². The van der Waals surface area contributed by atoms with E-state index in [1.165, 1.54) is 11.1 Å². The first kappa shape index (κ1) is 14.1. The summed E-state index contributed by atoms with van der Waals surface area (Å²) in [5.74, 6) is 2.13. The molecule has 0 spiro atoms. The fourth-order valence-electron chi connectivity index (χ4n) is 2.89. The minimum Gasteiger partial charge on any atom is -0.493 e. The third kappa shape index (κ3) is 3.45. The molecule has 0 fully saturated rings. The number of aryl methyl sites for hydroxylation is 1. The summed E-state index contributed by atoms with van der Waals surface area (Å²) >= 11 is 0. The molecular formula is C17H23N3O. The lowest BCUT2D eigenvalue weighted by atomic mass is 10.0. The van der Waals surface area contributed by atoms with Gasteiger partial charge in [-0.25, -0.2) is 4.98 Å². The van der Waals surface area contributed by atoms with Crippen LogP contribution in [0.5, 0.6) is 5.75 Å². The molecular weight excluding hydrogens is 262 g/mol. The highest BCUT2D eigenvalue weighted by molar-refractivity contribution is 5.40. The second kappa shape index (κ2) is 6.76. The number of fused-ring (bicyclic) bond motifs is 1. The van der Waals surface area contributed by atoms with Gasteiger partial charge in [0, 0.05) is 31.3 Å². The maximum absolute atomic E-state index is 5.58. The molecule has 21 heavy (non-hydrogen) atoms. The average molecular weight is 285 g/mol. The lowest BCUT2D eigenvalue weighted by molar-refractivity contribution is 0.356. The Labute approximate surface area is 125 Å². The number of ether oxygens (including phenoxy) is 1. The largest absolute Gasteiger partial charge is 0.493 e. The summed E-state index contributed by atoms with van der Waals surface area (Å²) in [7, 11) is 0. The van der Waals surface area contributed by atoms with Crippen LogP contribution in [0.3, 0.4) is 0 Å². The zero-order valence-corrected chi connectivity index (χ0v) is 12.6. The van der Waals surface area contributed by atoms with E-state index in [4.69, 9.17) is 4.74 Å². The summed E-state index contributed by atoms with van der Waals surface area (Å²) in [5.41, 5.74) is 2.73. The highest BCUT2D eigenvalue weighted by Crippen LogP contribution is 2.29. The monoisotopic (exact) mass is 285 g/mol. The average Bonchev–Trinajstić information content (AvgIpc) is 3.17. The maximum atomic E-state index is 5.58. The molecule has 0 amide bonds. The van der Waals surface area contributed by atoms with Gasteiger partial charge in [-0.3, -0.25) is 0 Å². The lowest BCUT2D eigenvalue weighted by Crippen LogP contribution is -2.22. The van der Waals surface area contributed by atoms with E-state index in [1.807, 2.05) is 12.4 Å². The normalized spacial score (nSPS) is 14.7. The predicted molar refractivity (Wildman–Crippen MR) is 83.6 cm³/mol. The predicted octanol–water partition coefficient (Wildman–Crippen LogP) is 3.02. The summed E-state index contributed by atoms with van der Waals surface area (Å²) in [5, 5.41) is 3.66. The van der Waals surface area contributed by atoms with Crippen molar-refractivity contribution in [1.82, 2.24) is 15.3 Å². The number of hydrogen-bond donors (Lipinski definition) is 2. The molecule has 2 N–H and O–H groups in total. The zero-order chi connectivity index (χ0) is 14.5. The highest BCUT2D eigenvalue weighted by Gasteiger charge is 2.15. The van der Waals surface area contributed by atoms with Crippen molar-refractivity contribution in [2.24, 2.45) is 0 Å². The van der Waals surface area contributed by atoms with E-state index in [9.17, 15) is 0 Å². The van der Waals surface area contributed by atoms with Crippen LogP contribution in [0.15, 0.2) is 30.6 Å².